The maximum absolute atomic E-state index is 5.47. The summed E-state index contributed by atoms with van der Waals surface area (Å²) in [5.74, 6) is 0.830. The van der Waals surface area contributed by atoms with Gasteiger partial charge in [-0.1, -0.05) is 6.07 Å². The maximum atomic E-state index is 5.47. The second-order valence-corrected chi connectivity index (χ2v) is 5.24. The van der Waals surface area contributed by atoms with E-state index in [1.807, 2.05) is 12.1 Å². The molecule has 1 aromatic carbocycles. The highest BCUT2D eigenvalue weighted by molar-refractivity contribution is 7.71. The largest absolute Gasteiger partial charge is 0.494 e. The van der Waals surface area contributed by atoms with Crippen molar-refractivity contribution in [3.05, 3.63) is 23.0 Å². The van der Waals surface area contributed by atoms with Crippen molar-refractivity contribution in [3.63, 3.8) is 0 Å². The Labute approximate surface area is 117 Å². The Morgan fingerprint density at radius 1 is 1.21 bits per heavy atom. The van der Waals surface area contributed by atoms with E-state index in [4.69, 9.17) is 17.0 Å². The highest BCUT2D eigenvalue weighted by Crippen LogP contribution is 2.24. The lowest BCUT2D eigenvalue weighted by Crippen LogP contribution is -2.49. The predicted octanol–water partition coefficient (Wildman–Crippen LogP) is 1.59. The van der Waals surface area contributed by atoms with Crippen LogP contribution >= 0.6 is 12.2 Å². The number of fused-ring (bicyclic) bond motifs is 1. The zero-order valence-corrected chi connectivity index (χ0v) is 12.0. The van der Waals surface area contributed by atoms with Gasteiger partial charge in [0.25, 0.3) is 0 Å². The number of methoxy groups -OCH3 is 1. The quantitative estimate of drug-likeness (QED) is 0.847. The number of para-hydroxylation sites is 1. The van der Waals surface area contributed by atoms with E-state index >= 15 is 0 Å². The number of aromatic nitrogens is 2. The molecule has 1 aliphatic heterocycles. The molecule has 3 rings (SSSR count). The van der Waals surface area contributed by atoms with Crippen LogP contribution in [0.5, 0.6) is 5.75 Å². The molecule has 1 aromatic heterocycles. The molecule has 19 heavy (non-hydrogen) atoms. The first-order chi connectivity index (χ1) is 9.20. The third-order valence-electron chi connectivity index (χ3n) is 3.64. The summed E-state index contributed by atoms with van der Waals surface area (Å²) in [5.41, 5.74) is 2.04. The molecule has 0 spiro atoms. The Balaban J connectivity index is 2.08. The molecule has 1 N–H and O–H groups in total. The predicted molar refractivity (Wildman–Crippen MR) is 79.1 cm³/mol. The first-order valence-corrected chi connectivity index (χ1v) is 6.83. The Kier molecular flexibility index (Phi) is 3.20. The number of aromatic amines is 1. The number of H-pyrrole nitrogens is 1. The third-order valence-corrected chi connectivity index (χ3v) is 3.91. The average Bonchev–Trinajstić information content (AvgIpc) is 2.76. The summed E-state index contributed by atoms with van der Waals surface area (Å²) in [6.07, 6.45) is 0. The van der Waals surface area contributed by atoms with Crippen LogP contribution < -0.4 is 9.75 Å². The molecule has 0 bridgehead atoms. The zero-order chi connectivity index (χ0) is 13.4. The molecule has 2 heterocycles. The summed E-state index contributed by atoms with van der Waals surface area (Å²) >= 11 is 5.47. The van der Waals surface area contributed by atoms with Gasteiger partial charge in [-0.05, 0) is 31.4 Å². The molecule has 0 saturated carbocycles. The summed E-state index contributed by atoms with van der Waals surface area (Å²) in [6.45, 7) is 4.07. The van der Waals surface area contributed by atoms with Crippen molar-refractivity contribution >= 4 is 23.3 Å². The summed E-state index contributed by atoms with van der Waals surface area (Å²) in [7, 11) is 3.83. The lowest BCUT2D eigenvalue weighted by molar-refractivity contribution is 0.288. The van der Waals surface area contributed by atoms with Crippen molar-refractivity contribution < 1.29 is 4.74 Å². The van der Waals surface area contributed by atoms with E-state index in [0.29, 0.717) is 0 Å². The van der Waals surface area contributed by atoms with E-state index in [1.54, 1.807) is 7.11 Å². The number of imidazole rings is 1. The van der Waals surface area contributed by atoms with E-state index in [-0.39, 0.29) is 0 Å². The van der Waals surface area contributed by atoms with Crippen LogP contribution in [0.4, 0.5) is 0 Å². The second-order valence-electron chi connectivity index (χ2n) is 4.85. The number of ether oxygens (including phenoxy) is 1. The normalized spacial score (nSPS) is 17.1. The van der Waals surface area contributed by atoms with Gasteiger partial charge >= 0.3 is 0 Å². The van der Waals surface area contributed by atoms with Crippen LogP contribution in [0.25, 0.3) is 11.0 Å². The Bertz CT molecular complexity index is 640. The first kappa shape index (κ1) is 12.5. The minimum Gasteiger partial charge on any atom is -0.494 e. The van der Waals surface area contributed by atoms with E-state index in [1.165, 1.54) is 0 Å². The van der Waals surface area contributed by atoms with E-state index in [0.717, 1.165) is 47.7 Å². The van der Waals surface area contributed by atoms with Gasteiger partial charge in [0.05, 0.1) is 12.6 Å². The van der Waals surface area contributed by atoms with Gasteiger partial charge < -0.3 is 19.6 Å². The Hall–Kier alpha value is -1.53. The first-order valence-electron chi connectivity index (χ1n) is 6.42. The molecular weight excluding hydrogens is 260 g/mol. The number of hydrogen-bond acceptors (Lipinski definition) is 4. The molecule has 6 heteroatoms. The van der Waals surface area contributed by atoms with Crippen LogP contribution in [-0.4, -0.2) is 54.9 Å². The number of piperazine rings is 1. The number of nitrogens with zero attached hydrogens (tertiary/aromatic N) is 3. The number of nitrogens with one attached hydrogen (secondary N) is 1. The molecule has 5 nitrogen and oxygen atoms in total. The average molecular weight is 278 g/mol. The highest BCUT2D eigenvalue weighted by atomic mass is 32.1. The molecule has 1 fully saturated rings. The standard InChI is InChI=1S/C13H18N4OS/c1-15-6-8-16(9-7-15)17-10-4-3-5-11(18-2)12(10)14-13(17)19/h3-5H,6-9H2,1-2H3,(H,14,19). The van der Waals surface area contributed by atoms with Crippen molar-refractivity contribution in [1.82, 2.24) is 14.6 Å². The van der Waals surface area contributed by atoms with E-state index in [2.05, 4.69) is 32.7 Å². The maximum Gasteiger partial charge on any atom is 0.197 e. The topological polar surface area (TPSA) is 36.4 Å². The monoisotopic (exact) mass is 278 g/mol. The lowest BCUT2D eigenvalue weighted by atomic mass is 10.3. The fourth-order valence-electron chi connectivity index (χ4n) is 2.54. The van der Waals surface area contributed by atoms with Gasteiger partial charge in [0.2, 0.25) is 0 Å². The number of rotatable bonds is 2. The molecule has 0 aliphatic carbocycles. The second kappa shape index (κ2) is 4.86. The molecule has 0 unspecified atom stereocenters. The molecular formula is C13H18N4OS. The highest BCUT2D eigenvalue weighted by Gasteiger charge is 2.18. The van der Waals surface area contributed by atoms with E-state index < -0.39 is 0 Å². The van der Waals surface area contributed by atoms with E-state index in [9.17, 15) is 0 Å². The van der Waals surface area contributed by atoms with Gasteiger partial charge in [-0.25, -0.2) is 4.68 Å². The summed E-state index contributed by atoms with van der Waals surface area (Å²) < 4.78 is 8.21. The molecule has 0 atom stereocenters. The summed E-state index contributed by atoms with van der Waals surface area (Å²) in [6, 6.07) is 6.01. The minimum atomic E-state index is 0.726. The minimum absolute atomic E-state index is 0.726. The van der Waals surface area contributed by atoms with Crippen LogP contribution in [0.15, 0.2) is 18.2 Å². The molecule has 0 amide bonds. The van der Waals surface area contributed by atoms with Crippen molar-refractivity contribution in [3.8, 4) is 5.75 Å². The van der Waals surface area contributed by atoms with Gasteiger partial charge in [-0.3, -0.25) is 0 Å². The van der Waals surface area contributed by atoms with Crippen LogP contribution in [0, 0.1) is 4.77 Å². The third kappa shape index (κ3) is 2.11. The van der Waals surface area contributed by atoms with Crippen molar-refractivity contribution in [1.29, 1.82) is 0 Å². The fourth-order valence-corrected chi connectivity index (χ4v) is 2.85. The fraction of sp³-hybridized carbons (Fsp3) is 0.462. The summed E-state index contributed by atoms with van der Waals surface area (Å²) in [5, 5.41) is 2.29. The van der Waals surface area contributed by atoms with Crippen LogP contribution in [-0.2, 0) is 0 Å². The smallest absolute Gasteiger partial charge is 0.197 e. The van der Waals surface area contributed by atoms with Crippen molar-refractivity contribution in [2.24, 2.45) is 0 Å². The number of hydrogen-bond donors (Lipinski definition) is 1. The Morgan fingerprint density at radius 3 is 2.63 bits per heavy atom. The van der Waals surface area contributed by atoms with Crippen LogP contribution in [0.1, 0.15) is 0 Å². The molecule has 102 valence electrons. The number of likely N-dealkylation sites (N-methyl/N-ethyl adjacent to an activating group) is 1. The van der Waals surface area contributed by atoms with Gasteiger partial charge in [-0.2, -0.15) is 0 Å². The molecule has 1 saturated heterocycles. The van der Waals surface area contributed by atoms with Gasteiger partial charge in [0.15, 0.2) is 4.77 Å². The molecule has 1 aliphatic rings. The van der Waals surface area contributed by atoms with Crippen molar-refractivity contribution in [2.45, 2.75) is 0 Å². The van der Waals surface area contributed by atoms with Crippen LogP contribution in [0.3, 0.4) is 0 Å². The van der Waals surface area contributed by atoms with Gasteiger partial charge in [-0.15, -0.1) is 0 Å². The SMILES string of the molecule is COc1cccc2c1[nH]c(=S)n2N1CCN(C)CC1. The lowest BCUT2D eigenvalue weighted by Gasteiger charge is -2.34. The van der Waals surface area contributed by atoms with Gasteiger partial charge in [0, 0.05) is 26.2 Å². The summed E-state index contributed by atoms with van der Waals surface area (Å²) in [4.78, 5) is 5.58. The van der Waals surface area contributed by atoms with Gasteiger partial charge in [0.1, 0.15) is 11.3 Å². The van der Waals surface area contributed by atoms with Crippen molar-refractivity contribution in [2.75, 3.05) is 45.3 Å². The number of benzene rings is 1. The Morgan fingerprint density at radius 2 is 1.95 bits per heavy atom. The molecule has 2 aromatic rings. The molecule has 0 radical (unpaired) electrons. The van der Waals surface area contributed by atoms with Crippen LogP contribution in [0.2, 0.25) is 0 Å². The zero-order valence-electron chi connectivity index (χ0n) is 11.2.